The SMILES string of the molecule is COC(=O)CN(CC(=O)Nc1nc(C)cs1)C(C)C. The molecule has 1 amide bonds. The van der Waals surface area contributed by atoms with Crippen molar-refractivity contribution in [3.8, 4) is 0 Å². The molecule has 0 saturated heterocycles. The van der Waals surface area contributed by atoms with Crippen molar-refractivity contribution in [1.82, 2.24) is 9.88 Å². The van der Waals surface area contributed by atoms with Gasteiger partial charge in [0.05, 0.1) is 25.9 Å². The van der Waals surface area contributed by atoms with Crippen LogP contribution in [0, 0.1) is 6.92 Å². The Balaban J connectivity index is 2.54. The van der Waals surface area contributed by atoms with Gasteiger partial charge in [-0.2, -0.15) is 0 Å². The number of hydrogen-bond donors (Lipinski definition) is 1. The average molecular weight is 285 g/mol. The van der Waals surface area contributed by atoms with Crippen molar-refractivity contribution in [1.29, 1.82) is 0 Å². The summed E-state index contributed by atoms with van der Waals surface area (Å²) >= 11 is 1.38. The standard InChI is InChI=1S/C12H19N3O3S/c1-8(2)15(6-11(17)18-4)5-10(16)14-12-13-9(3)7-19-12/h7-8H,5-6H2,1-4H3,(H,13,14,16). The van der Waals surface area contributed by atoms with Crippen LogP contribution in [0.3, 0.4) is 0 Å². The predicted molar refractivity (Wildman–Crippen MR) is 74.2 cm³/mol. The summed E-state index contributed by atoms with van der Waals surface area (Å²) in [7, 11) is 1.33. The minimum absolute atomic E-state index is 0.0721. The smallest absolute Gasteiger partial charge is 0.319 e. The molecule has 0 radical (unpaired) electrons. The van der Waals surface area contributed by atoms with E-state index in [2.05, 4.69) is 15.0 Å². The second-order valence-corrected chi connectivity index (χ2v) is 5.28. The molecule has 0 fully saturated rings. The molecule has 0 aromatic carbocycles. The minimum Gasteiger partial charge on any atom is -0.468 e. The average Bonchev–Trinajstić information content (AvgIpc) is 2.73. The predicted octanol–water partition coefficient (Wildman–Crippen LogP) is 1.27. The Morgan fingerprint density at radius 3 is 2.63 bits per heavy atom. The normalized spacial score (nSPS) is 10.8. The molecule has 1 aromatic heterocycles. The van der Waals surface area contributed by atoms with E-state index in [1.165, 1.54) is 18.4 Å². The number of thiazole rings is 1. The highest BCUT2D eigenvalue weighted by molar-refractivity contribution is 7.13. The Kier molecular flexibility index (Phi) is 5.91. The molecular weight excluding hydrogens is 266 g/mol. The van der Waals surface area contributed by atoms with Gasteiger partial charge in [0.25, 0.3) is 0 Å². The quantitative estimate of drug-likeness (QED) is 0.797. The molecule has 1 heterocycles. The molecule has 106 valence electrons. The molecule has 0 aliphatic rings. The second kappa shape index (κ2) is 7.20. The summed E-state index contributed by atoms with van der Waals surface area (Å²) in [6, 6.07) is 0.0721. The fraction of sp³-hybridized carbons (Fsp3) is 0.583. The summed E-state index contributed by atoms with van der Waals surface area (Å²) in [6.07, 6.45) is 0. The van der Waals surface area contributed by atoms with E-state index in [1.807, 2.05) is 26.2 Å². The van der Waals surface area contributed by atoms with E-state index >= 15 is 0 Å². The van der Waals surface area contributed by atoms with Crippen molar-refractivity contribution in [2.45, 2.75) is 26.8 Å². The van der Waals surface area contributed by atoms with Crippen molar-refractivity contribution in [3.05, 3.63) is 11.1 Å². The van der Waals surface area contributed by atoms with Crippen LogP contribution in [0.2, 0.25) is 0 Å². The Morgan fingerprint density at radius 2 is 2.16 bits per heavy atom. The summed E-state index contributed by atoms with van der Waals surface area (Å²) in [5.74, 6) is -0.543. The van der Waals surface area contributed by atoms with Crippen molar-refractivity contribution in [2.75, 3.05) is 25.5 Å². The number of anilines is 1. The lowest BCUT2D eigenvalue weighted by Gasteiger charge is -2.24. The molecule has 0 unspecified atom stereocenters. The van der Waals surface area contributed by atoms with E-state index in [0.717, 1.165) is 5.69 Å². The van der Waals surface area contributed by atoms with Crippen LogP contribution >= 0.6 is 11.3 Å². The maximum absolute atomic E-state index is 11.9. The summed E-state index contributed by atoms with van der Waals surface area (Å²) in [6.45, 7) is 5.93. The number of carbonyl (C=O) groups is 2. The molecular formula is C12H19N3O3S. The van der Waals surface area contributed by atoms with Crippen LogP contribution in [0.15, 0.2) is 5.38 Å². The van der Waals surface area contributed by atoms with Crippen molar-refractivity contribution in [3.63, 3.8) is 0 Å². The lowest BCUT2D eigenvalue weighted by molar-refractivity contribution is -0.142. The van der Waals surface area contributed by atoms with Gasteiger partial charge in [0.15, 0.2) is 5.13 Å². The van der Waals surface area contributed by atoms with Gasteiger partial charge in [-0.15, -0.1) is 11.3 Å². The third-order valence-corrected chi connectivity index (χ3v) is 3.38. The maximum Gasteiger partial charge on any atom is 0.319 e. The zero-order valence-corrected chi connectivity index (χ0v) is 12.4. The Morgan fingerprint density at radius 1 is 1.47 bits per heavy atom. The van der Waals surface area contributed by atoms with Gasteiger partial charge < -0.3 is 10.1 Å². The molecule has 1 aromatic rings. The van der Waals surface area contributed by atoms with Crippen LogP contribution in [-0.2, 0) is 14.3 Å². The fourth-order valence-corrected chi connectivity index (χ4v) is 2.11. The highest BCUT2D eigenvalue weighted by Gasteiger charge is 2.18. The zero-order valence-electron chi connectivity index (χ0n) is 11.6. The lowest BCUT2D eigenvalue weighted by atomic mass is 10.3. The number of aryl methyl sites for hydroxylation is 1. The molecule has 1 rings (SSSR count). The van der Waals surface area contributed by atoms with Crippen LogP contribution < -0.4 is 5.32 Å². The number of aromatic nitrogens is 1. The van der Waals surface area contributed by atoms with E-state index in [4.69, 9.17) is 0 Å². The van der Waals surface area contributed by atoms with E-state index < -0.39 is 0 Å². The molecule has 0 aliphatic heterocycles. The van der Waals surface area contributed by atoms with E-state index in [1.54, 1.807) is 4.90 Å². The number of rotatable bonds is 6. The Labute approximate surface area is 116 Å². The number of carbonyl (C=O) groups excluding carboxylic acids is 2. The van der Waals surface area contributed by atoms with Gasteiger partial charge in [-0.25, -0.2) is 4.98 Å². The number of nitrogens with one attached hydrogen (secondary N) is 1. The molecule has 0 spiro atoms. The summed E-state index contributed by atoms with van der Waals surface area (Å²) in [4.78, 5) is 29.0. The summed E-state index contributed by atoms with van der Waals surface area (Å²) < 4.78 is 4.61. The van der Waals surface area contributed by atoms with Gasteiger partial charge >= 0.3 is 5.97 Å². The molecule has 7 heteroatoms. The Hall–Kier alpha value is -1.47. The summed E-state index contributed by atoms with van der Waals surface area (Å²) in [5, 5.41) is 5.15. The van der Waals surface area contributed by atoms with Gasteiger partial charge in [0.2, 0.25) is 5.91 Å². The van der Waals surface area contributed by atoms with E-state index in [-0.39, 0.29) is 31.0 Å². The number of esters is 1. The van der Waals surface area contributed by atoms with Crippen molar-refractivity contribution >= 4 is 28.3 Å². The monoisotopic (exact) mass is 285 g/mol. The molecule has 1 N–H and O–H groups in total. The molecule has 0 bridgehead atoms. The van der Waals surface area contributed by atoms with Gasteiger partial charge in [-0.05, 0) is 20.8 Å². The fourth-order valence-electron chi connectivity index (χ4n) is 1.41. The van der Waals surface area contributed by atoms with Crippen molar-refractivity contribution < 1.29 is 14.3 Å². The first-order valence-electron chi connectivity index (χ1n) is 5.95. The molecule has 19 heavy (non-hydrogen) atoms. The van der Waals surface area contributed by atoms with Crippen LogP contribution in [0.5, 0.6) is 0 Å². The number of hydrogen-bond acceptors (Lipinski definition) is 6. The molecule has 0 aliphatic carbocycles. The summed E-state index contributed by atoms with van der Waals surface area (Å²) in [5.41, 5.74) is 0.871. The van der Waals surface area contributed by atoms with E-state index in [9.17, 15) is 9.59 Å². The van der Waals surface area contributed by atoms with Crippen LogP contribution in [-0.4, -0.2) is 48.0 Å². The van der Waals surface area contributed by atoms with Crippen LogP contribution in [0.1, 0.15) is 19.5 Å². The van der Waals surface area contributed by atoms with Crippen LogP contribution in [0.4, 0.5) is 5.13 Å². The highest BCUT2D eigenvalue weighted by atomic mass is 32.1. The third kappa shape index (κ3) is 5.35. The molecule has 0 saturated carbocycles. The molecule has 6 nitrogen and oxygen atoms in total. The molecule has 0 atom stereocenters. The van der Waals surface area contributed by atoms with Crippen LogP contribution in [0.25, 0.3) is 0 Å². The number of ether oxygens (including phenoxy) is 1. The first-order valence-corrected chi connectivity index (χ1v) is 6.83. The van der Waals surface area contributed by atoms with Gasteiger partial charge in [0.1, 0.15) is 0 Å². The highest BCUT2D eigenvalue weighted by Crippen LogP contribution is 2.14. The number of nitrogens with zero attached hydrogens (tertiary/aromatic N) is 2. The lowest BCUT2D eigenvalue weighted by Crippen LogP contribution is -2.41. The first kappa shape index (κ1) is 15.6. The van der Waals surface area contributed by atoms with Crippen molar-refractivity contribution in [2.24, 2.45) is 0 Å². The topological polar surface area (TPSA) is 71.5 Å². The van der Waals surface area contributed by atoms with E-state index in [0.29, 0.717) is 5.13 Å². The van der Waals surface area contributed by atoms with Gasteiger partial charge in [-0.3, -0.25) is 14.5 Å². The van der Waals surface area contributed by atoms with Gasteiger partial charge in [-0.1, -0.05) is 0 Å². The van der Waals surface area contributed by atoms with Gasteiger partial charge in [0, 0.05) is 11.4 Å². The third-order valence-electron chi connectivity index (χ3n) is 2.50. The maximum atomic E-state index is 11.9. The number of amides is 1. The Bertz CT molecular complexity index is 445. The first-order chi connectivity index (χ1) is 8.92. The second-order valence-electron chi connectivity index (χ2n) is 4.42. The number of methoxy groups -OCH3 is 1. The minimum atomic E-state index is -0.355. The zero-order chi connectivity index (χ0) is 14.4. The largest absolute Gasteiger partial charge is 0.468 e.